The Labute approximate surface area is 137 Å². The van der Waals surface area contributed by atoms with Crippen LogP contribution in [0.25, 0.3) is 27.5 Å². The molecule has 7 nitrogen and oxygen atoms in total. The summed E-state index contributed by atoms with van der Waals surface area (Å²) in [5.74, 6) is -0.911. The van der Waals surface area contributed by atoms with E-state index in [1.807, 2.05) is 18.2 Å². The van der Waals surface area contributed by atoms with Gasteiger partial charge >= 0.3 is 0 Å². The van der Waals surface area contributed by atoms with Crippen molar-refractivity contribution in [3.05, 3.63) is 57.8 Å². The van der Waals surface area contributed by atoms with Crippen LogP contribution in [0.5, 0.6) is 0 Å². The molecule has 1 aromatic carbocycles. The van der Waals surface area contributed by atoms with Gasteiger partial charge in [0, 0.05) is 22.3 Å². The van der Waals surface area contributed by atoms with Gasteiger partial charge in [-0.2, -0.15) is 0 Å². The second-order valence-corrected chi connectivity index (χ2v) is 5.38. The number of benzene rings is 1. The lowest BCUT2D eigenvalue weighted by molar-refractivity contribution is -0.134. The molecular formula is C17H14N4O3. The number of imide groups is 1. The van der Waals surface area contributed by atoms with Gasteiger partial charge in [0.25, 0.3) is 0 Å². The Morgan fingerprint density at radius 2 is 2.33 bits per heavy atom. The first-order valence-electron chi connectivity index (χ1n) is 7.45. The number of carbonyl (C=O) groups is 2. The van der Waals surface area contributed by atoms with E-state index in [1.165, 1.54) is 0 Å². The molecule has 1 N–H and O–H groups in total. The molecule has 1 aliphatic heterocycles. The van der Waals surface area contributed by atoms with Gasteiger partial charge in [0.2, 0.25) is 11.8 Å². The summed E-state index contributed by atoms with van der Waals surface area (Å²) in [6.45, 7) is 0.239. The summed E-state index contributed by atoms with van der Waals surface area (Å²) in [5.41, 5.74) is 13.5. The third-order valence-electron chi connectivity index (χ3n) is 3.85. The first-order chi connectivity index (χ1) is 11.7. The molecular weight excluding hydrogens is 308 g/mol. The summed E-state index contributed by atoms with van der Waals surface area (Å²) >= 11 is 0. The van der Waals surface area contributed by atoms with Gasteiger partial charge in [-0.05, 0) is 41.8 Å². The van der Waals surface area contributed by atoms with E-state index in [9.17, 15) is 9.59 Å². The maximum absolute atomic E-state index is 12.1. The monoisotopic (exact) mass is 322 g/mol. The van der Waals surface area contributed by atoms with Gasteiger partial charge < -0.3 is 4.42 Å². The Morgan fingerprint density at radius 3 is 3.12 bits per heavy atom. The van der Waals surface area contributed by atoms with Crippen molar-refractivity contribution in [3.8, 4) is 0 Å². The van der Waals surface area contributed by atoms with Gasteiger partial charge in [0.1, 0.15) is 5.58 Å². The highest BCUT2D eigenvalue weighted by atomic mass is 16.3. The zero-order valence-corrected chi connectivity index (χ0v) is 12.7. The van der Waals surface area contributed by atoms with Crippen LogP contribution in [0, 0.1) is 0 Å². The summed E-state index contributed by atoms with van der Waals surface area (Å²) in [6, 6.07) is 5.60. The molecule has 0 saturated carbocycles. The van der Waals surface area contributed by atoms with E-state index >= 15 is 0 Å². The third kappa shape index (κ3) is 3.22. The topological polar surface area (TPSA) is 108 Å². The van der Waals surface area contributed by atoms with Crippen molar-refractivity contribution in [3.63, 3.8) is 0 Å². The van der Waals surface area contributed by atoms with E-state index < -0.39 is 0 Å². The smallest absolute Gasteiger partial charge is 0.234 e. The van der Waals surface area contributed by atoms with Crippen LogP contribution in [0.3, 0.4) is 0 Å². The fourth-order valence-corrected chi connectivity index (χ4v) is 2.70. The van der Waals surface area contributed by atoms with Crippen molar-refractivity contribution in [1.29, 1.82) is 0 Å². The molecule has 1 atom stereocenters. The molecule has 1 aliphatic rings. The maximum Gasteiger partial charge on any atom is 0.234 e. The fraction of sp³-hybridized carbons (Fsp3) is 0.235. The number of carbonyl (C=O) groups excluding carboxylic acids is 2. The number of furan rings is 1. The van der Waals surface area contributed by atoms with Gasteiger partial charge in [-0.3, -0.25) is 14.9 Å². The molecule has 1 unspecified atom stereocenters. The molecule has 7 heteroatoms. The first kappa shape index (κ1) is 15.6. The zero-order valence-electron chi connectivity index (χ0n) is 12.7. The average molecular weight is 322 g/mol. The summed E-state index contributed by atoms with van der Waals surface area (Å²) in [6.07, 6.45) is 5.76. The Bertz CT molecular complexity index is 915. The van der Waals surface area contributed by atoms with Crippen molar-refractivity contribution in [1.82, 2.24) is 5.32 Å². The van der Waals surface area contributed by atoms with Crippen LogP contribution in [0.15, 0.2) is 45.8 Å². The van der Waals surface area contributed by atoms with Crippen molar-refractivity contribution in [2.75, 3.05) is 6.54 Å². The van der Waals surface area contributed by atoms with Crippen LogP contribution in [0.4, 0.5) is 0 Å². The molecule has 0 radical (unpaired) electrons. The Kier molecular flexibility index (Phi) is 4.47. The summed E-state index contributed by atoms with van der Waals surface area (Å²) in [7, 11) is 0. The minimum Gasteiger partial charge on any atom is -0.464 e. The van der Waals surface area contributed by atoms with Gasteiger partial charge in [0.05, 0.1) is 18.7 Å². The van der Waals surface area contributed by atoms with E-state index in [0.717, 1.165) is 16.5 Å². The highest BCUT2D eigenvalue weighted by molar-refractivity contribution is 6.02. The number of fused-ring (bicyclic) bond motifs is 1. The number of nitrogens with one attached hydrogen (secondary N) is 1. The van der Waals surface area contributed by atoms with Crippen LogP contribution >= 0.6 is 0 Å². The minimum absolute atomic E-state index is 0.238. The normalized spacial score (nSPS) is 16.9. The van der Waals surface area contributed by atoms with Crippen LogP contribution < -0.4 is 5.32 Å². The minimum atomic E-state index is -0.385. The van der Waals surface area contributed by atoms with Crippen LogP contribution in [0.1, 0.15) is 29.9 Å². The Hall–Kier alpha value is -3.27. The molecule has 2 aromatic rings. The zero-order chi connectivity index (χ0) is 16.9. The standard InChI is InChI=1S/C17H14N4O3/c18-21-19-8-2-1-3-11-4-6-15-13(9-11)14(10-24-15)12-5-7-16(22)20-17(12)23/h2-4,6,9-10,12H,5,7-8H2,(H,20,22,23). The third-order valence-corrected chi connectivity index (χ3v) is 3.85. The molecule has 2 heterocycles. The molecule has 1 saturated heterocycles. The largest absolute Gasteiger partial charge is 0.464 e. The van der Waals surface area contributed by atoms with E-state index in [1.54, 1.807) is 18.4 Å². The summed E-state index contributed by atoms with van der Waals surface area (Å²) < 4.78 is 5.53. The number of rotatable bonds is 4. The number of hydrogen-bond donors (Lipinski definition) is 1. The molecule has 1 fully saturated rings. The number of piperidine rings is 1. The average Bonchev–Trinajstić information content (AvgIpc) is 2.98. The van der Waals surface area contributed by atoms with E-state index in [2.05, 4.69) is 21.1 Å². The predicted molar refractivity (Wildman–Crippen MR) is 87.9 cm³/mol. The fourth-order valence-electron chi connectivity index (χ4n) is 2.70. The lowest BCUT2D eigenvalue weighted by Gasteiger charge is -2.19. The Morgan fingerprint density at radius 1 is 1.46 bits per heavy atom. The number of amides is 2. The molecule has 1 aromatic heterocycles. The van der Waals surface area contributed by atoms with Crippen LogP contribution in [0.2, 0.25) is 0 Å². The Balaban J connectivity index is 1.91. The van der Waals surface area contributed by atoms with Crippen molar-refractivity contribution in [2.24, 2.45) is 5.11 Å². The number of hydrogen-bond acceptors (Lipinski definition) is 4. The second-order valence-electron chi connectivity index (χ2n) is 5.38. The summed E-state index contributed by atoms with van der Waals surface area (Å²) in [4.78, 5) is 26.0. The van der Waals surface area contributed by atoms with Crippen molar-refractivity contribution >= 4 is 28.9 Å². The molecule has 120 valence electrons. The van der Waals surface area contributed by atoms with Crippen LogP contribution in [-0.2, 0) is 9.59 Å². The summed E-state index contributed by atoms with van der Waals surface area (Å²) in [5, 5.41) is 6.60. The molecule has 3 rings (SSSR count). The van der Waals surface area contributed by atoms with E-state index in [-0.39, 0.29) is 24.3 Å². The second kappa shape index (κ2) is 6.87. The predicted octanol–water partition coefficient (Wildman–Crippen LogP) is 3.43. The van der Waals surface area contributed by atoms with Gasteiger partial charge in [-0.15, -0.1) is 5.73 Å². The van der Waals surface area contributed by atoms with Gasteiger partial charge in [-0.25, -0.2) is 0 Å². The lowest BCUT2D eigenvalue weighted by atomic mass is 9.90. The van der Waals surface area contributed by atoms with Gasteiger partial charge in [-0.1, -0.05) is 11.2 Å². The van der Waals surface area contributed by atoms with E-state index in [4.69, 9.17) is 9.95 Å². The molecule has 2 amide bonds. The number of nitrogens with zero attached hydrogens (tertiary/aromatic N) is 3. The van der Waals surface area contributed by atoms with Gasteiger partial charge in [0.15, 0.2) is 0 Å². The number of azide groups is 1. The first-order valence-corrected chi connectivity index (χ1v) is 7.45. The quantitative estimate of drug-likeness (QED) is 0.306. The lowest BCUT2D eigenvalue weighted by Crippen LogP contribution is -2.39. The van der Waals surface area contributed by atoms with E-state index in [0.29, 0.717) is 18.4 Å². The molecule has 0 spiro atoms. The highest BCUT2D eigenvalue weighted by Gasteiger charge is 2.30. The highest BCUT2D eigenvalue weighted by Crippen LogP contribution is 2.33. The SMILES string of the molecule is [N-]=[N+]=NCC=C=Cc1ccc2occ(C3CCC(=O)NC3=O)c2c1. The molecule has 24 heavy (non-hydrogen) atoms. The molecule has 0 bridgehead atoms. The van der Waals surface area contributed by atoms with Crippen molar-refractivity contribution in [2.45, 2.75) is 18.8 Å². The maximum atomic E-state index is 12.1. The molecule has 0 aliphatic carbocycles. The van der Waals surface area contributed by atoms with Crippen molar-refractivity contribution < 1.29 is 14.0 Å². The van der Waals surface area contributed by atoms with Crippen LogP contribution in [-0.4, -0.2) is 18.4 Å².